The first-order chi connectivity index (χ1) is 14.2. The lowest BCUT2D eigenvalue weighted by Crippen LogP contribution is -2.43. The van der Waals surface area contributed by atoms with Crippen LogP contribution in [-0.2, 0) is 11.3 Å². The molecule has 3 amide bonds. The Morgan fingerprint density at radius 1 is 1.07 bits per heavy atom. The maximum absolute atomic E-state index is 12.9. The standard InChI is InChI=1S/C22H25N5O3/c1-5-10-25-20(29)22(3,4)26(21(25)30)13-15-11-14(2)12-18(19(15)28)27-23-16-8-6-7-9-17(16)24-27/h6-9,11-12,28H,5,10,13H2,1-4H3. The van der Waals surface area contributed by atoms with E-state index >= 15 is 0 Å². The Hall–Kier alpha value is -3.42. The van der Waals surface area contributed by atoms with Gasteiger partial charge >= 0.3 is 6.03 Å². The summed E-state index contributed by atoms with van der Waals surface area (Å²) >= 11 is 0. The lowest BCUT2D eigenvalue weighted by Gasteiger charge is -2.28. The molecule has 0 saturated carbocycles. The number of phenolic OH excluding ortho intramolecular Hbond substituents is 1. The maximum Gasteiger partial charge on any atom is 0.327 e. The van der Waals surface area contributed by atoms with Crippen LogP contribution in [-0.4, -0.2) is 53.9 Å². The van der Waals surface area contributed by atoms with Gasteiger partial charge in [0.15, 0.2) is 0 Å². The summed E-state index contributed by atoms with van der Waals surface area (Å²) in [6, 6.07) is 10.7. The fourth-order valence-corrected chi connectivity index (χ4v) is 3.85. The quantitative estimate of drug-likeness (QED) is 0.655. The second kappa shape index (κ2) is 7.12. The number of rotatable bonds is 5. The van der Waals surface area contributed by atoms with Crippen molar-refractivity contribution >= 4 is 23.0 Å². The number of fused-ring (bicyclic) bond motifs is 1. The molecule has 1 aliphatic rings. The van der Waals surface area contributed by atoms with E-state index in [1.54, 1.807) is 19.9 Å². The van der Waals surface area contributed by atoms with Crippen molar-refractivity contribution in [3.8, 4) is 11.4 Å². The molecule has 4 rings (SSSR count). The number of hydrogen-bond acceptors (Lipinski definition) is 5. The fourth-order valence-electron chi connectivity index (χ4n) is 3.85. The molecular weight excluding hydrogens is 382 g/mol. The van der Waals surface area contributed by atoms with Crippen LogP contribution in [0.15, 0.2) is 36.4 Å². The van der Waals surface area contributed by atoms with Gasteiger partial charge in [0.2, 0.25) is 0 Å². The summed E-state index contributed by atoms with van der Waals surface area (Å²) in [6.45, 7) is 7.79. The molecule has 8 nitrogen and oxygen atoms in total. The number of urea groups is 1. The molecule has 1 N–H and O–H groups in total. The third-order valence-corrected chi connectivity index (χ3v) is 5.50. The topological polar surface area (TPSA) is 91.6 Å². The molecule has 1 aliphatic heterocycles. The van der Waals surface area contributed by atoms with Gasteiger partial charge in [-0.15, -0.1) is 15.0 Å². The predicted octanol–water partition coefficient (Wildman–Crippen LogP) is 3.39. The Bertz CT molecular complexity index is 1120. The van der Waals surface area contributed by atoms with Gasteiger partial charge in [-0.25, -0.2) is 4.79 Å². The van der Waals surface area contributed by atoms with Gasteiger partial charge < -0.3 is 10.0 Å². The minimum absolute atomic E-state index is 0.00843. The molecule has 1 aromatic heterocycles. The molecule has 8 heteroatoms. The molecule has 30 heavy (non-hydrogen) atoms. The first kappa shape index (κ1) is 19.9. The van der Waals surface area contributed by atoms with Gasteiger partial charge in [-0.05, 0) is 51.0 Å². The van der Waals surface area contributed by atoms with E-state index in [0.29, 0.717) is 24.2 Å². The first-order valence-corrected chi connectivity index (χ1v) is 10.0. The second-order valence-electron chi connectivity index (χ2n) is 8.15. The molecular formula is C22H25N5O3. The van der Waals surface area contributed by atoms with Crippen molar-refractivity contribution in [2.45, 2.75) is 46.2 Å². The number of aromatic nitrogens is 3. The first-order valence-electron chi connectivity index (χ1n) is 10.0. The van der Waals surface area contributed by atoms with Crippen molar-refractivity contribution in [2.75, 3.05) is 6.54 Å². The molecule has 1 fully saturated rings. The zero-order chi connectivity index (χ0) is 21.6. The molecule has 1 saturated heterocycles. The van der Waals surface area contributed by atoms with E-state index in [-0.39, 0.29) is 24.2 Å². The molecule has 3 aromatic rings. The summed E-state index contributed by atoms with van der Waals surface area (Å²) in [4.78, 5) is 29.9. The number of benzene rings is 2. The second-order valence-corrected chi connectivity index (χ2v) is 8.15. The molecule has 156 valence electrons. The van der Waals surface area contributed by atoms with E-state index in [9.17, 15) is 14.7 Å². The number of amides is 3. The highest BCUT2D eigenvalue weighted by molar-refractivity contribution is 6.06. The van der Waals surface area contributed by atoms with Crippen LogP contribution in [0.2, 0.25) is 0 Å². The third-order valence-electron chi connectivity index (χ3n) is 5.50. The van der Waals surface area contributed by atoms with Gasteiger partial charge in [-0.3, -0.25) is 9.69 Å². The summed E-state index contributed by atoms with van der Waals surface area (Å²) in [7, 11) is 0. The van der Waals surface area contributed by atoms with E-state index < -0.39 is 5.54 Å². The van der Waals surface area contributed by atoms with Crippen LogP contribution < -0.4 is 0 Å². The van der Waals surface area contributed by atoms with Gasteiger partial charge in [0, 0.05) is 12.1 Å². The number of aromatic hydroxyl groups is 1. The summed E-state index contributed by atoms with van der Waals surface area (Å²) in [5.74, 6) is -0.229. The van der Waals surface area contributed by atoms with Gasteiger partial charge in [-0.1, -0.05) is 25.1 Å². The average molecular weight is 407 g/mol. The summed E-state index contributed by atoms with van der Waals surface area (Å²) < 4.78 is 0. The molecule has 2 heterocycles. The molecule has 0 atom stereocenters. The smallest absolute Gasteiger partial charge is 0.327 e. The van der Waals surface area contributed by atoms with Gasteiger partial charge in [-0.2, -0.15) is 0 Å². The van der Waals surface area contributed by atoms with E-state index in [1.165, 1.54) is 14.6 Å². The molecule has 0 aliphatic carbocycles. The minimum atomic E-state index is -0.985. The highest BCUT2D eigenvalue weighted by atomic mass is 16.3. The van der Waals surface area contributed by atoms with Crippen molar-refractivity contribution in [3.63, 3.8) is 0 Å². The van der Waals surface area contributed by atoms with Crippen molar-refractivity contribution in [2.24, 2.45) is 0 Å². The third kappa shape index (κ3) is 3.08. The predicted molar refractivity (Wildman–Crippen MR) is 112 cm³/mol. The highest BCUT2D eigenvalue weighted by Gasteiger charge is 2.50. The number of aryl methyl sites for hydroxylation is 1. The normalized spacial score (nSPS) is 16.1. The zero-order valence-electron chi connectivity index (χ0n) is 17.6. The van der Waals surface area contributed by atoms with Crippen LogP contribution in [0, 0.1) is 6.92 Å². The number of imide groups is 1. The van der Waals surface area contributed by atoms with Crippen LogP contribution in [0.3, 0.4) is 0 Å². The Kier molecular flexibility index (Phi) is 4.72. The molecule has 0 spiro atoms. The summed E-state index contributed by atoms with van der Waals surface area (Å²) in [6.07, 6.45) is 0.694. The Morgan fingerprint density at radius 3 is 2.30 bits per heavy atom. The van der Waals surface area contributed by atoms with E-state index in [1.807, 2.05) is 44.2 Å². The molecule has 0 bridgehead atoms. The summed E-state index contributed by atoms with van der Waals surface area (Å²) in [5, 5.41) is 19.9. The molecule has 0 radical (unpaired) electrons. The van der Waals surface area contributed by atoms with E-state index in [0.717, 1.165) is 16.6 Å². The SMILES string of the molecule is CCCN1C(=O)N(Cc2cc(C)cc(-n3nc4ccccc4n3)c2O)C(C)(C)C1=O. The van der Waals surface area contributed by atoms with Gasteiger partial charge in [0.25, 0.3) is 5.91 Å². The van der Waals surface area contributed by atoms with Crippen molar-refractivity contribution in [1.82, 2.24) is 24.8 Å². The van der Waals surface area contributed by atoms with E-state index in [4.69, 9.17) is 0 Å². The van der Waals surface area contributed by atoms with Gasteiger partial charge in [0.1, 0.15) is 28.0 Å². The maximum atomic E-state index is 12.9. The van der Waals surface area contributed by atoms with Gasteiger partial charge in [0.05, 0.1) is 6.54 Å². The van der Waals surface area contributed by atoms with Crippen LogP contribution in [0.5, 0.6) is 5.75 Å². The Morgan fingerprint density at radius 2 is 1.70 bits per heavy atom. The monoisotopic (exact) mass is 407 g/mol. The largest absolute Gasteiger partial charge is 0.505 e. The minimum Gasteiger partial charge on any atom is -0.505 e. The lowest BCUT2D eigenvalue weighted by atomic mass is 10.0. The van der Waals surface area contributed by atoms with Crippen molar-refractivity contribution < 1.29 is 14.7 Å². The molecule has 0 unspecified atom stereocenters. The average Bonchev–Trinajstić information content (AvgIpc) is 3.20. The summed E-state index contributed by atoms with van der Waals surface area (Å²) in [5.41, 5.74) is 2.32. The number of nitrogens with zero attached hydrogens (tertiary/aromatic N) is 5. The van der Waals surface area contributed by atoms with Crippen LogP contribution in [0.4, 0.5) is 4.79 Å². The Labute approximate surface area is 174 Å². The lowest BCUT2D eigenvalue weighted by molar-refractivity contribution is -0.132. The zero-order valence-corrected chi connectivity index (χ0v) is 17.6. The van der Waals surface area contributed by atoms with Crippen molar-refractivity contribution in [1.29, 1.82) is 0 Å². The highest BCUT2D eigenvalue weighted by Crippen LogP contribution is 2.34. The van der Waals surface area contributed by atoms with Crippen LogP contribution >= 0.6 is 0 Å². The van der Waals surface area contributed by atoms with E-state index in [2.05, 4.69) is 10.2 Å². The number of phenols is 1. The van der Waals surface area contributed by atoms with Crippen molar-refractivity contribution in [3.05, 3.63) is 47.5 Å². The fraction of sp³-hybridized carbons (Fsp3) is 0.364. The number of carbonyl (C=O) groups excluding carboxylic acids is 2. The molecule has 2 aromatic carbocycles. The number of carbonyl (C=O) groups is 2. The van der Waals surface area contributed by atoms with Crippen LogP contribution in [0.25, 0.3) is 16.7 Å². The van der Waals surface area contributed by atoms with Crippen LogP contribution in [0.1, 0.15) is 38.3 Å². The Balaban J connectivity index is 1.74. The number of hydrogen-bond donors (Lipinski definition) is 1.